The van der Waals surface area contributed by atoms with Crippen molar-refractivity contribution in [3.05, 3.63) is 76.7 Å². The van der Waals surface area contributed by atoms with Crippen LogP contribution in [-0.4, -0.2) is 137 Å². The zero-order valence-corrected chi connectivity index (χ0v) is 30.6. The number of phenols is 1. The predicted molar refractivity (Wildman–Crippen MR) is 202 cm³/mol. The van der Waals surface area contributed by atoms with Gasteiger partial charge in [-0.3, -0.25) is 24.6 Å². The van der Waals surface area contributed by atoms with E-state index in [-0.39, 0.29) is 36.1 Å². The molecule has 5 amide bonds. The highest BCUT2D eigenvalue weighted by molar-refractivity contribution is 6.05. The minimum atomic E-state index is -0.608. The molecule has 0 bridgehead atoms. The number of carbonyl (C=O) groups excluding carboxylic acids is 4. The molecule has 0 aromatic heterocycles. The highest BCUT2D eigenvalue weighted by atomic mass is 16.3. The van der Waals surface area contributed by atoms with Crippen LogP contribution in [0.25, 0.3) is 5.70 Å². The Morgan fingerprint density at radius 3 is 2.44 bits per heavy atom. The van der Waals surface area contributed by atoms with E-state index in [1.807, 2.05) is 28.0 Å². The van der Waals surface area contributed by atoms with Crippen LogP contribution in [0, 0.1) is 5.92 Å². The number of urea groups is 1. The van der Waals surface area contributed by atoms with Crippen LogP contribution in [0.15, 0.2) is 60.1 Å². The fourth-order valence-electron chi connectivity index (χ4n) is 8.90. The second-order valence-corrected chi connectivity index (χ2v) is 15.3. The number of para-hydroxylation sites is 1. The fraction of sp³-hybridized carbons (Fsp3) is 0.487. The predicted octanol–water partition coefficient (Wildman–Crippen LogP) is 0.824. The normalized spacial score (nSPS) is 24.4. The summed E-state index contributed by atoms with van der Waals surface area (Å²) in [5, 5.41) is 15.9. The van der Waals surface area contributed by atoms with Gasteiger partial charge in [-0.15, -0.1) is 0 Å². The summed E-state index contributed by atoms with van der Waals surface area (Å²) in [6, 6.07) is 12.5. The molecule has 4 saturated heterocycles. The molecule has 6 aliphatic rings. The van der Waals surface area contributed by atoms with Gasteiger partial charge in [0.25, 0.3) is 5.91 Å². The summed E-state index contributed by atoms with van der Waals surface area (Å²) in [5.41, 5.74) is 17.1. The first-order valence-electron chi connectivity index (χ1n) is 19.2. The Labute approximate surface area is 315 Å². The third-order valence-electron chi connectivity index (χ3n) is 12.0. The van der Waals surface area contributed by atoms with E-state index in [0.29, 0.717) is 67.7 Å². The number of likely N-dealkylation sites (tertiary alicyclic amines) is 1. The Kier molecular flexibility index (Phi) is 9.73. The van der Waals surface area contributed by atoms with Crippen LogP contribution in [0.5, 0.6) is 5.75 Å². The number of aromatic hydroxyl groups is 1. The summed E-state index contributed by atoms with van der Waals surface area (Å²) in [6.07, 6.45) is 4.37. The Bertz CT molecular complexity index is 1880. The quantitative estimate of drug-likeness (QED) is 0.265. The third-order valence-corrected chi connectivity index (χ3v) is 12.0. The van der Waals surface area contributed by atoms with Crippen molar-refractivity contribution in [1.29, 1.82) is 0 Å². The maximum absolute atomic E-state index is 13.7. The maximum Gasteiger partial charge on any atom is 0.320 e. The number of piperazine rings is 2. The molecule has 0 radical (unpaired) electrons. The van der Waals surface area contributed by atoms with Crippen molar-refractivity contribution >= 4 is 35.1 Å². The maximum atomic E-state index is 13.7. The second kappa shape index (κ2) is 14.8. The molecule has 7 N–H and O–H groups in total. The van der Waals surface area contributed by atoms with Crippen LogP contribution in [-0.2, 0) is 16.1 Å². The molecule has 54 heavy (non-hydrogen) atoms. The molecule has 2 aromatic carbocycles. The van der Waals surface area contributed by atoms with Gasteiger partial charge in [0.05, 0.1) is 11.7 Å². The number of nitrogens with one attached hydrogen (secondary N) is 2. The molecular formula is C39H50N10O5. The SMILES string of the molecule is NC1=C(/C=C(\N)c2ccccc2O)N2CCN(C(=O)N3CCC(CN4CCN(c5ccc6c(c5)C(=O)N(C5CCC(=O)NC5=O)C6)CC4)CC3)CC2CN1. The van der Waals surface area contributed by atoms with E-state index in [1.165, 1.54) is 0 Å². The Hall–Kier alpha value is -5.44. The molecule has 0 saturated carbocycles. The van der Waals surface area contributed by atoms with Crippen molar-refractivity contribution in [3.8, 4) is 5.75 Å². The monoisotopic (exact) mass is 738 g/mol. The highest BCUT2D eigenvalue weighted by Gasteiger charge is 2.40. The zero-order valence-electron chi connectivity index (χ0n) is 30.6. The molecule has 0 spiro atoms. The summed E-state index contributed by atoms with van der Waals surface area (Å²) in [5.74, 6) is 0.364. The number of benzene rings is 2. The van der Waals surface area contributed by atoms with Crippen LogP contribution >= 0.6 is 0 Å². The highest BCUT2D eigenvalue weighted by Crippen LogP contribution is 2.32. The van der Waals surface area contributed by atoms with E-state index in [1.54, 1.807) is 29.2 Å². The van der Waals surface area contributed by atoms with E-state index in [4.69, 9.17) is 11.5 Å². The average molecular weight is 739 g/mol. The summed E-state index contributed by atoms with van der Waals surface area (Å²) in [7, 11) is 0. The van der Waals surface area contributed by atoms with Crippen molar-refractivity contribution in [2.75, 3.05) is 76.9 Å². The molecule has 15 nitrogen and oxygen atoms in total. The van der Waals surface area contributed by atoms with Crippen molar-refractivity contribution in [2.24, 2.45) is 17.4 Å². The molecule has 8 rings (SSSR count). The van der Waals surface area contributed by atoms with Crippen LogP contribution in [0.2, 0.25) is 0 Å². The number of hydrogen-bond donors (Lipinski definition) is 5. The smallest absolute Gasteiger partial charge is 0.320 e. The van der Waals surface area contributed by atoms with Gasteiger partial charge in [0.15, 0.2) is 0 Å². The lowest BCUT2D eigenvalue weighted by atomic mass is 9.96. The molecule has 0 aliphatic carbocycles. The van der Waals surface area contributed by atoms with Gasteiger partial charge in [0.2, 0.25) is 11.8 Å². The number of nitrogens with zero attached hydrogens (tertiary/aromatic N) is 6. The lowest BCUT2D eigenvalue weighted by molar-refractivity contribution is -0.136. The minimum absolute atomic E-state index is 0.0550. The zero-order chi connectivity index (χ0) is 37.5. The van der Waals surface area contributed by atoms with Crippen LogP contribution in [0.4, 0.5) is 10.5 Å². The number of imide groups is 1. The molecule has 4 fully saturated rings. The van der Waals surface area contributed by atoms with Gasteiger partial charge < -0.3 is 46.4 Å². The van der Waals surface area contributed by atoms with Crippen molar-refractivity contribution in [1.82, 2.24) is 35.1 Å². The number of fused-ring (bicyclic) bond motifs is 2. The lowest BCUT2D eigenvalue weighted by Crippen LogP contribution is -2.62. The van der Waals surface area contributed by atoms with Gasteiger partial charge in [-0.05, 0) is 61.1 Å². The first kappa shape index (κ1) is 35.6. The Morgan fingerprint density at radius 2 is 1.69 bits per heavy atom. The molecule has 2 unspecified atom stereocenters. The minimum Gasteiger partial charge on any atom is -0.507 e. The number of piperidine rings is 2. The lowest BCUT2D eigenvalue weighted by Gasteiger charge is -2.47. The molecular weight excluding hydrogens is 688 g/mol. The number of allylic oxidation sites excluding steroid dienone is 1. The van der Waals surface area contributed by atoms with E-state index in [9.17, 15) is 24.3 Å². The van der Waals surface area contributed by atoms with E-state index in [0.717, 1.165) is 75.6 Å². The topological polar surface area (TPSA) is 184 Å². The summed E-state index contributed by atoms with van der Waals surface area (Å²) in [4.78, 5) is 63.7. The van der Waals surface area contributed by atoms with E-state index >= 15 is 0 Å². The van der Waals surface area contributed by atoms with Gasteiger partial charge in [-0.2, -0.15) is 0 Å². The van der Waals surface area contributed by atoms with Gasteiger partial charge in [0, 0.05) is 107 Å². The molecule has 286 valence electrons. The average Bonchev–Trinajstić information content (AvgIpc) is 3.51. The molecule has 2 atom stereocenters. The van der Waals surface area contributed by atoms with Crippen LogP contribution < -0.4 is 27.0 Å². The van der Waals surface area contributed by atoms with Crippen molar-refractivity contribution in [2.45, 2.75) is 44.3 Å². The number of amides is 5. The first-order chi connectivity index (χ1) is 26.1. The Balaban J connectivity index is 0.791. The largest absolute Gasteiger partial charge is 0.507 e. The van der Waals surface area contributed by atoms with Gasteiger partial charge in [-0.25, -0.2) is 4.79 Å². The second-order valence-electron chi connectivity index (χ2n) is 15.3. The van der Waals surface area contributed by atoms with Gasteiger partial charge in [-0.1, -0.05) is 18.2 Å². The standard InChI is InChI=1S/C39H50N10O5/c40-31(29-3-1-2-4-34(29)50)20-33-36(41)42-21-28-24-47(17-18-48(28)33)39(54)46-11-9-25(10-12-46)22-44-13-15-45(16-14-44)27-6-5-26-23-49(38(53)30(26)19-27)32-7-8-35(51)43-37(32)52/h1-6,19-20,25,28,32,42,50H,7-18,21-24,40-41H2,(H,43,51,52)/b31-20-. The number of rotatable bonds is 6. The number of hydrogen-bond acceptors (Lipinski definition) is 11. The number of nitrogens with two attached hydrogens (primary N) is 2. The number of carbonyl (C=O) groups is 4. The third kappa shape index (κ3) is 6.99. The van der Waals surface area contributed by atoms with Gasteiger partial charge in [0.1, 0.15) is 17.6 Å². The molecule has 6 aliphatic heterocycles. The van der Waals surface area contributed by atoms with E-state index in [2.05, 4.69) is 31.4 Å². The van der Waals surface area contributed by atoms with Crippen molar-refractivity contribution in [3.63, 3.8) is 0 Å². The summed E-state index contributed by atoms with van der Waals surface area (Å²) < 4.78 is 0. The number of phenolic OH excluding ortho intramolecular Hbond substituents is 1. The molecule has 2 aromatic rings. The molecule has 6 heterocycles. The fourth-order valence-corrected chi connectivity index (χ4v) is 8.90. The first-order valence-corrected chi connectivity index (χ1v) is 19.2. The molecule has 15 heteroatoms. The van der Waals surface area contributed by atoms with Crippen LogP contribution in [0.1, 0.15) is 47.2 Å². The van der Waals surface area contributed by atoms with Crippen LogP contribution in [0.3, 0.4) is 0 Å². The van der Waals surface area contributed by atoms with E-state index < -0.39 is 11.9 Å². The summed E-state index contributed by atoms with van der Waals surface area (Å²) in [6.45, 7) is 8.96. The van der Waals surface area contributed by atoms with Gasteiger partial charge >= 0.3 is 6.03 Å². The summed E-state index contributed by atoms with van der Waals surface area (Å²) >= 11 is 0. The van der Waals surface area contributed by atoms with Crippen molar-refractivity contribution < 1.29 is 24.3 Å². The number of anilines is 1. The Morgan fingerprint density at radius 1 is 0.907 bits per heavy atom.